The monoisotopic (exact) mass is 300 g/mol. The highest BCUT2D eigenvalue weighted by molar-refractivity contribution is 5.75. The van der Waals surface area contributed by atoms with Gasteiger partial charge in [-0.1, -0.05) is 12.1 Å². The number of ketones is 1. The lowest BCUT2D eigenvalue weighted by molar-refractivity contribution is -0.117. The Labute approximate surface area is 127 Å². The lowest BCUT2D eigenvalue weighted by Crippen LogP contribution is -2.02. The van der Waals surface area contributed by atoms with Crippen LogP contribution in [-0.4, -0.2) is 40.6 Å². The van der Waals surface area contributed by atoms with Gasteiger partial charge in [-0.15, -0.1) is 4.80 Å². The van der Waals surface area contributed by atoms with Gasteiger partial charge in [0, 0.05) is 13.0 Å². The van der Waals surface area contributed by atoms with Crippen LogP contribution in [-0.2, 0) is 11.3 Å². The molecule has 0 unspecified atom stereocenters. The summed E-state index contributed by atoms with van der Waals surface area (Å²) < 4.78 is 1.64. The molecule has 0 radical (unpaired) electrons. The Morgan fingerprint density at radius 1 is 1.18 bits per heavy atom. The molecule has 8 nitrogen and oxygen atoms in total. The maximum absolute atomic E-state index is 10.5. The van der Waals surface area contributed by atoms with Gasteiger partial charge in [-0.25, -0.2) is 4.98 Å². The highest BCUT2D eigenvalue weighted by atomic mass is 16.3. The molecule has 0 aliphatic carbocycles. The summed E-state index contributed by atoms with van der Waals surface area (Å²) in [6.45, 7) is 2.20. The smallest absolute Gasteiger partial charge is 0.143 e. The van der Waals surface area contributed by atoms with Crippen molar-refractivity contribution in [1.29, 1.82) is 0 Å². The number of phenols is 1. The van der Waals surface area contributed by atoms with Crippen LogP contribution < -0.4 is 0 Å². The van der Waals surface area contributed by atoms with E-state index in [0.717, 1.165) is 0 Å². The highest BCUT2D eigenvalue weighted by Crippen LogP contribution is 2.17. The van der Waals surface area contributed by atoms with Crippen LogP contribution in [0.15, 0.2) is 49.3 Å². The first-order valence-electron chi connectivity index (χ1n) is 6.63. The quantitative estimate of drug-likeness (QED) is 0.778. The van der Waals surface area contributed by atoms with Crippen LogP contribution in [0.4, 0.5) is 0 Å². The molecule has 8 heteroatoms. The summed E-state index contributed by atoms with van der Waals surface area (Å²) in [5.41, 5.74) is 0.586. The number of aromatic nitrogens is 6. The molecule has 0 aliphatic heterocycles. The van der Waals surface area contributed by atoms with Gasteiger partial charge < -0.3 is 5.11 Å². The van der Waals surface area contributed by atoms with Crippen LogP contribution in [0.2, 0.25) is 0 Å². The van der Waals surface area contributed by atoms with E-state index in [-0.39, 0.29) is 11.5 Å². The van der Waals surface area contributed by atoms with E-state index in [9.17, 15) is 9.90 Å². The number of hydrogen-bond donors (Lipinski definition) is 1. The van der Waals surface area contributed by atoms with Gasteiger partial charge in [0.25, 0.3) is 0 Å². The van der Waals surface area contributed by atoms with E-state index in [2.05, 4.69) is 20.3 Å². The minimum Gasteiger partial charge on any atom is -0.506 e. The predicted molar refractivity (Wildman–Crippen MR) is 78.3 cm³/mol. The summed E-state index contributed by atoms with van der Waals surface area (Å²) in [5, 5.41) is 21.0. The van der Waals surface area contributed by atoms with Crippen molar-refractivity contribution in [1.82, 2.24) is 29.8 Å². The second-order valence-corrected chi connectivity index (χ2v) is 4.42. The number of aryl methyl sites for hydroxylation is 1. The molecular weight excluding hydrogens is 284 g/mol. The number of carbonyl (C=O) groups is 1. The molecule has 3 rings (SSSR count). The molecule has 0 fully saturated rings. The van der Waals surface area contributed by atoms with Crippen LogP contribution in [0.5, 0.6) is 5.75 Å². The first-order chi connectivity index (χ1) is 10.7. The molecule has 0 amide bonds. The van der Waals surface area contributed by atoms with Crippen LogP contribution >= 0.6 is 0 Å². The summed E-state index contributed by atoms with van der Waals surface area (Å²) in [6, 6.07) is 6.91. The lowest BCUT2D eigenvalue weighted by atomic mass is 10.3. The van der Waals surface area contributed by atoms with Gasteiger partial charge in [-0.05, 0) is 19.1 Å². The SMILES string of the molecule is CC(=O)CCn1cncn1.Oc1ccccc1-n1nccn1. The van der Waals surface area contributed by atoms with Gasteiger partial charge >= 0.3 is 0 Å². The normalized spacial score (nSPS) is 9.86. The molecule has 0 atom stereocenters. The molecule has 0 bridgehead atoms. The lowest BCUT2D eigenvalue weighted by Gasteiger charge is -2.00. The van der Waals surface area contributed by atoms with Crippen molar-refractivity contribution in [3.8, 4) is 11.4 Å². The Bertz CT molecular complexity index is 694. The topological polar surface area (TPSA) is 98.7 Å². The minimum absolute atomic E-state index is 0.175. The van der Waals surface area contributed by atoms with Crippen molar-refractivity contribution in [2.45, 2.75) is 19.9 Å². The van der Waals surface area contributed by atoms with E-state index in [4.69, 9.17) is 0 Å². The van der Waals surface area contributed by atoms with E-state index >= 15 is 0 Å². The second kappa shape index (κ2) is 7.67. The van der Waals surface area contributed by atoms with Gasteiger partial charge in [0.05, 0.1) is 12.4 Å². The van der Waals surface area contributed by atoms with E-state index < -0.39 is 0 Å². The van der Waals surface area contributed by atoms with E-state index in [1.54, 1.807) is 48.5 Å². The predicted octanol–water partition coefficient (Wildman–Crippen LogP) is 1.23. The largest absolute Gasteiger partial charge is 0.506 e. The third-order valence-electron chi connectivity index (χ3n) is 2.68. The van der Waals surface area contributed by atoms with E-state index in [1.165, 1.54) is 11.1 Å². The Morgan fingerprint density at radius 3 is 2.50 bits per heavy atom. The Hall–Kier alpha value is -3.03. The average molecular weight is 300 g/mol. The van der Waals surface area contributed by atoms with Crippen molar-refractivity contribution in [3.63, 3.8) is 0 Å². The van der Waals surface area contributed by atoms with Gasteiger partial charge in [-0.3, -0.25) is 9.48 Å². The molecule has 2 heterocycles. The molecule has 1 N–H and O–H groups in total. The second-order valence-electron chi connectivity index (χ2n) is 4.42. The molecule has 0 aliphatic rings. The van der Waals surface area contributed by atoms with Crippen molar-refractivity contribution in [3.05, 3.63) is 49.3 Å². The Balaban J connectivity index is 0.000000164. The summed E-state index contributed by atoms with van der Waals surface area (Å²) in [4.78, 5) is 15.6. The summed E-state index contributed by atoms with van der Waals surface area (Å²) in [5.74, 6) is 0.351. The zero-order chi connectivity index (χ0) is 15.8. The first-order valence-corrected chi connectivity index (χ1v) is 6.63. The van der Waals surface area contributed by atoms with E-state index in [0.29, 0.717) is 18.7 Å². The van der Waals surface area contributed by atoms with Gasteiger partial charge in [0.1, 0.15) is 29.9 Å². The Kier molecular flexibility index (Phi) is 5.36. The van der Waals surface area contributed by atoms with Gasteiger partial charge in [-0.2, -0.15) is 15.3 Å². The van der Waals surface area contributed by atoms with Crippen LogP contribution in [0.1, 0.15) is 13.3 Å². The fourth-order valence-electron chi connectivity index (χ4n) is 1.59. The van der Waals surface area contributed by atoms with Crippen molar-refractivity contribution in [2.24, 2.45) is 0 Å². The molecular formula is C14H16N6O2. The van der Waals surface area contributed by atoms with Gasteiger partial charge in [0.15, 0.2) is 0 Å². The molecule has 3 aromatic rings. The average Bonchev–Trinajstić information content (AvgIpc) is 3.20. The molecule has 1 aromatic carbocycles. The van der Waals surface area contributed by atoms with Gasteiger partial charge in [0.2, 0.25) is 0 Å². The fourth-order valence-corrected chi connectivity index (χ4v) is 1.59. The summed E-state index contributed by atoms with van der Waals surface area (Å²) in [7, 11) is 0. The number of Topliss-reactive ketones (excluding diaryl/α,β-unsaturated/α-hetero) is 1. The van der Waals surface area contributed by atoms with Crippen molar-refractivity contribution < 1.29 is 9.90 Å². The zero-order valence-corrected chi connectivity index (χ0v) is 12.1. The number of phenolic OH excluding ortho intramolecular Hbond substituents is 1. The van der Waals surface area contributed by atoms with E-state index in [1.807, 2.05) is 6.07 Å². The molecule has 0 spiro atoms. The number of benzene rings is 1. The maximum Gasteiger partial charge on any atom is 0.143 e. The third-order valence-corrected chi connectivity index (χ3v) is 2.68. The summed E-state index contributed by atoms with van der Waals surface area (Å²) >= 11 is 0. The number of nitrogens with zero attached hydrogens (tertiary/aromatic N) is 6. The number of para-hydroxylation sites is 2. The standard InChI is InChI=1S/C8H7N3O.C6H9N3O/c12-8-4-2-1-3-7(8)11-9-5-6-10-11;1-6(10)2-3-9-5-7-4-8-9/h1-6,12H;4-5H,2-3H2,1H3. The minimum atomic E-state index is 0.175. The van der Waals surface area contributed by atoms with Crippen molar-refractivity contribution >= 4 is 5.78 Å². The zero-order valence-electron chi connectivity index (χ0n) is 12.1. The number of aromatic hydroxyl groups is 1. The van der Waals surface area contributed by atoms with Crippen LogP contribution in [0, 0.1) is 0 Å². The Morgan fingerprint density at radius 2 is 1.91 bits per heavy atom. The maximum atomic E-state index is 10.5. The summed E-state index contributed by atoms with van der Waals surface area (Å²) in [6.07, 6.45) is 6.71. The number of carbonyl (C=O) groups excluding carboxylic acids is 1. The first kappa shape index (κ1) is 15.4. The molecule has 22 heavy (non-hydrogen) atoms. The molecule has 2 aromatic heterocycles. The molecule has 0 saturated carbocycles. The number of rotatable bonds is 4. The van der Waals surface area contributed by atoms with Crippen LogP contribution in [0.3, 0.4) is 0 Å². The van der Waals surface area contributed by atoms with Crippen molar-refractivity contribution in [2.75, 3.05) is 0 Å². The fraction of sp³-hybridized carbons (Fsp3) is 0.214. The molecule has 0 saturated heterocycles. The van der Waals surface area contributed by atoms with Crippen LogP contribution in [0.25, 0.3) is 5.69 Å². The molecule has 114 valence electrons. The number of hydrogen-bond acceptors (Lipinski definition) is 6. The highest BCUT2D eigenvalue weighted by Gasteiger charge is 2.01. The third kappa shape index (κ3) is 4.51.